The second-order valence-corrected chi connectivity index (χ2v) is 6.58. The molecule has 2 saturated heterocycles. The molecule has 1 aromatic heterocycles. The zero-order chi connectivity index (χ0) is 13.9. The molecule has 4 nitrogen and oxygen atoms in total. The van der Waals surface area contributed by atoms with Gasteiger partial charge in [0.05, 0.1) is 5.56 Å². The molecular weight excluding hydrogens is 316 g/mol. The lowest BCUT2D eigenvalue weighted by atomic mass is 9.88. The maximum Gasteiger partial charge on any atom is 0.146 e. The molecule has 0 aliphatic carbocycles. The molecule has 1 atom stereocenters. The first-order valence-corrected chi connectivity index (χ1v) is 8.11. The van der Waals surface area contributed by atoms with Crippen LogP contribution in [0.4, 0.5) is 5.82 Å². The van der Waals surface area contributed by atoms with Gasteiger partial charge >= 0.3 is 0 Å². The lowest BCUT2D eigenvalue weighted by molar-refractivity contribution is 0.318. The summed E-state index contributed by atoms with van der Waals surface area (Å²) in [5.41, 5.74) is 0.664. The SMILES string of the molecule is N#Cc1cc(Br)cnc1N1CCC(C2CCCN2)CC1. The highest BCUT2D eigenvalue weighted by Crippen LogP contribution is 2.29. The van der Waals surface area contributed by atoms with Gasteiger partial charge in [0, 0.05) is 29.8 Å². The number of piperidine rings is 1. The van der Waals surface area contributed by atoms with Crippen molar-refractivity contribution >= 4 is 21.7 Å². The van der Waals surface area contributed by atoms with E-state index in [-0.39, 0.29) is 0 Å². The lowest BCUT2D eigenvalue weighted by Crippen LogP contribution is -2.41. The number of hydrogen-bond acceptors (Lipinski definition) is 4. The zero-order valence-electron chi connectivity index (χ0n) is 11.5. The fourth-order valence-corrected chi connectivity index (χ4v) is 3.73. The largest absolute Gasteiger partial charge is 0.356 e. The summed E-state index contributed by atoms with van der Waals surface area (Å²) in [6, 6.07) is 4.82. The lowest BCUT2D eigenvalue weighted by Gasteiger charge is -2.35. The molecule has 3 heterocycles. The smallest absolute Gasteiger partial charge is 0.146 e. The van der Waals surface area contributed by atoms with Crippen LogP contribution in [0.1, 0.15) is 31.2 Å². The average Bonchev–Trinajstić information content (AvgIpc) is 3.01. The van der Waals surface area contributed by atoms with Gasteiger partial charge in [0.15, 0.2) is 0 Å². The maximum atomic E-state index is 9.25. The van der Waals surface area contributed by atoms with Gasteiger partial charge in [0.25, 0.3) is 0 Å². The van der Waals surface area contributed by atoms with E-state index >= 15 is 0 Å². The molecule has 2 aliphatic heterocycles. The van der Waals surface area contributed by atoms with Crippen LogP contribution >= 0.6 is 15.9 Å². The second-order valence-electron chi connectivity index (χ2n) is 5.66. The molecule has 106 valence electrons. The topological polar surface area (TPSA) is 52.0 Å². The molecule has 0 aromatic carbocycles. The van der Waals surface area contributed by atoms with Crippen molar-refractivity contribution in [1.29, 1.82) is 5.26 Å². The van der Waals surface area contributed by atoms with Crippen LogP contribution in [0.25, 0.3) is 0 Å². The van der Waals surface area contributed by atoms with Gasteiger partial charge in [-0.2, -0.15) is 5.26 Å². The molecule has 1 unspecified atom stereocenters. The van der Waals surface area contributed by atoms with Crippen molar-refractivity contribution < 1.29 is 0 Å². The monoisotopic (exact) mass is 334 g/mol. The Kier molecular flexibility index (Phi) is 4.23. The van der Waals surface area contributed by atoms with Crippen LogP contribution in [0.2, 0.25) is 0 Å². The molecule has 20 heavy (non-hydrogen) atoms. The Labute approximate surface area is 128 Å². The Morgan fingerprint density at radius 3 is 2.80 bits per heavy atom. The number of rotatable bonds is 2. The van der Waals surface area contributed by atoms with Crippen molar-refractivity contribution in [2.75, 3.05) is 24.5 Å². The van der Waals surface area contributed by atoms with Crippen molar-refractivity contribution in [3.8, 4) is 6.07 Å². The van der Waals surface area contributed by atoms with Crippen LogP contribution in [0, 0.1) is 17.2 Å². The Hall–Kier alpha value is -1.12. The highest BCUT2D eigenvalue weighted by atomic mass is 79.9. The van der Waals surface area contributed by atoms with Crippen LogP contribution in [0.5, 0.6) is 0 Å². The van der Waals surface area contributed by atoms with E-state index in [4.69, 9.17) is 0 Å². The molecule has 0 spiro atoms. The van der Waals surface area contributed by atoms with E-state index in [2.05, 4.69) is 37.2 Å². The number of anilines is 1. The highest BCUT2D eigenvalue weighted by molar-refractivity contribution is 9.10. The first-order chi connectivity index (χ1) is 9.78. The average molecular weight is 335 g/mol. The number of nitrogens with one attached hydrogen (secondary N) is 1. The van der Waals surface area contributed by atoms with Crippen LogP contribution in [-0.4, -0.2) is 30.7 Å². The summed E-state index contributed by atoms with van der Waals surface area (Å²) in [4.78, 5) is 6.70. The van der Waals surface area contributed by atoms with E-state index in [0.717, 1.165) is 29.3 Å². The fourth-order valence-electron chi connectivity index (χ4n) is 3.39. The summed E-state index contributed by atoms with van der Waals surface area (Å²) in [5, 5.41) is 12.9. The minimum Gasteiger partial charge on any atom is -0.356 e. The third-order valence-electron chi connectivity index (χ3n) is 4.46. The van der Waals surface area contributed by atoms with Crippen molar-refractivity contribution in [1.82, 2.24) is 10.3 Å². The minimum absolute atomic E-state index is 0.664. The normalized spacial score (nSPS) is 23.8. The van der Waals surface area contributed by atoms with Gasteiger partial charge < -0.3 is 10.2 Å². The number of aromatic nitrogens is 1. The van der Waals surface area contributed by atoms with Gasteiger partial charge in [-0.05, 0) is 60.1 Å². The summed E-state index contributed by atoms with van der Waals surface area (Å²) >= 11 is 3.37. The minimum atomic E-state index is 0.664. The number of pyridine rings is 1. The van der Waals surface area contributed by atoms with E-state index < -0.39 is 0 Å². The Morgan fingerprint density at radius 1 is 1.35 bits per heavy atom. The van der Waals surface area contributed by atoms with Crippen molar-refractivity contribution in [2.45, 2.75) is 31.7 Å². The predicted molar refractivity (Wildman–Crippen MR) is 82.6 cm³/mol. The van der Waals surface area contributed by atoms with Gasteiger partial charge in [-0.1, -0.05) is 0 Å². The van der Waals surface area contributed by atoms with E-state index in [1.807, 2.05) is 6.07 Å². The number of hydrogen-bond donors (Lipinski definition) is 1. The molecule has 1 N–H and O–H groups in total. The zero-order valence-corrected chi connectivity index (χ0v) is 13.1. The Balaban J connectivity index is 1.67. The molecule has 3 rings (SSSR count). The number of halogens is 1. The van der Waals surface area contributed by atoms with Gasteiger partial charge in [0.1, 0.15) is 11.9 Å². The first-order valence-electron chi connectivity index (χ1n) is 7.32. The summed E-state index contributed by atoms with van der Waals surface area (Å²) in [6.45, 7) is 3.19. The molecule has 0 amide bonds. The second kappa shape index (κ2) is 6.11. The Morgan fingerprint density at radius 2 is 2.15 bits per heavy atom. The molecule has 0 bridgehead atoms. The van der Waals surface area contributed by atoms with E-state index in [1.54, 1.807) is 6.20 Å². The molecule has 0 saturated carbocycles. The summed E-state index contributed by atoms with van der Waals surface area (Å²) in [6.07, 6.45) is 6.81. The standard InChI is InChI=1S/C15H19BrN4/c16-13-8-12(9-17)15(19-10-13)20-6-3-11(4-7-20)14-2-1-5-18-14/h8,10-11,14,18H,1-7H2. The van der Waals surface area contributed by atoms with Crippen molar-refractivity contribution in [2.24, 2.45) is 5.92 Å². The van der Waals surface area contributed by atoms with Gasteiger partial charge in [-0.15, -0.1) is 0 Å². The van der Waals surface area contributed by atoms with Gasteiger partial charge in [0.2, 0.25) is 0 Å². The van der Waals surface area contributed by atoms with Crippen LogP contribution in [-0.2, 0) is 0 Å². The summed E-state index contributed by atoms with van der Waals surface area (Å²) < 4.78 is 0.864. The molecule has 0 radical (unpaired) electrons. The molecule has 2 aliphatic rings. The Bertz CT molecular complexity index is 511. The van der Waals surface area contributed by atoms with Crippen molar-refractivity contribution in [3.05, 3.63) is 22.3 Å². The fraction of sp³-hybridized carbons (Fsp3) is 0.600. The molecule has 2 fully saturated rings. The van der Waals surface area contributed by atoms with Gasteiger partial charge in [-0.25, -0.2) is 4.98 Å². The van der Waals surface area contributed by atoms with E-state index in [0.29, 0.717) is 11.6 Å². The molecular formula is C15H19BrN4. The number of nitrogens with zero attached hydrogens (tertiary/aromatic N) is 3. The number of nitriles is 1. The van der Waals surface area contributed by atoms with Crippen LogP contribution < -0.4 is 10.2 Å². The quantitative estimate of drug-likeness (QED) is 0.903. The van der Waals surface area contributed by atoms with Crippen LogP contribution in [0.3, 0.4) is 0 Å². The molecule has 1 aromatic rings. The first kappa shape index (κ1) is 13.8. The maximum absolute atomic E-state index is 9.25. The van der Waals surface area contributed by atoms with Crippen molar-refractivity contribution in [3.63, 3.8) is 0 Å². The van der Waals surface area contributed by atoms with E-state index in [1.165, 1.54) is 32.2 Å². The summed E-state index contributed by atoms with van der Waals surface area (Å²) in [7, 11) is 0. The molecule has 5 heteroatoms. The third-order valence-corrected chi connectivity index (χ3v) is 4.89. The van der Waals surface area contributed by atoms with E-state index in [9.17, 15) is 5.26 Å². The third kappa shape index (κ3) is 2.82. The van der Waals surface area contributed by atoms with Gasteiger partial charge in [-0.3, -0.25) is 0 Å². The summed E-state index contributed by atoms with van der Waals surface area (Å²) in [5.74, 6) is 1.63. The van der Waals surface area contributed by atoms with Crippen LogP contribution in [0.15, 0.2) is 16.7 Å². The highest BCUT2D eigenvalue weighted by Gasteiger charge is 2.29. The predicted octanol–water partition coefficient (Wildman–Crippen LogP) is 2.68.